The number of rotatable bonds is 2. The molecule has 0 heterocycles. The molecule has 0 N–H and O–H groups in total. The van der Waals surface area contributed by atoms with Crippen molar-refractivity contribution in [2.45, 2.75) is 70.1 Å². The Labute approximate surface area is 238 Å². The molecule has 10 rings (SSSR count). The Hall–Kier alpha value is -3.38. The van der Waals surface area contributed by atoms with E-state index in [0.29, 0.717) is 5.41 Å². The first-order valence-corrected chi connectivity index (χ1v) is 15.6. The summed E-state index contributed by atoms with van der Waals surface area (Å²) in [4.78, 5) is 0. The van der Waals surface area contributed by atoms with Gasteiger partial charge in [0, 0.05) is 5.41 Å². The fourth-order valence-electron chi connectivity index (χ4n) is 10.5. The van der Waals surface area contributed by atoms with Crippen LogP contribution in [0, 0.1) is 24.7 Å². The molecule has 5 aliphatic carbocycles. The fourth-order valence-corrected chi connectivity index (χ4v) is 10.5. The summed E-state index contributed by atoms with van der Waals surface area (Å²) in [5, 5.41) is 5.94. The predicted octanol–water partition coefficient (Wildman–Crippen LogP) is 10.7. The smallest absolute Gasteiger partial charge is 0.0159 e. The molecule has 0 unspecified atom stereocenters. The van der Waals surface area contributed by atoms with Crippen LogP contribution in [-0.2, 0) is 10.8 Å². The highest BCUT2D eigenvalue weighted by atomic mass is 14.6. The van der Waals surface area contributed by atoms with Crippen molar-refractivity contribution in [3.05, 3.63) is 107 Å². The SMILES string of the molecule is Cc1ccc2c(C34CC5CC(CC(C5)C3)C4)c3ccccc3c(-c3cccc4c3-c3ccccc3C4(C)C)c2c1. The van der Waals surface area contributed by atoms with Gasteiger partial charge in [0.15, 0.2) is 0 Å². The number of fused-ring (bicyclic) bond motifs is 5. The van der Waals surface area contributed by atoms with Crippen LogP contribution in [0.5, 0.6) is 0 Å². The summed E-state index contributed by atoms with van der Waals surface area (Å²) in [6, 6.07) is 33.1. The van der Waals surface area contributed by atoms with Gasteiger partial charge in [-0.05, 0) is 129 Å². The zero-order valence-corrected chi connectivity index (χ0v) is 24.1. The molecule has 40 heavy (non-hydrogen) atoms. The summed E-state index contributed by atoms with van der Waals surface area (Å²) in [6.45, 7) is 7.08. The largest absolute Gasteiger partial charge is 0.0619 e. The lowest BCUT2D eigenvalue weighted by Crippen LogP contribution is -2.48. The summed E-state index contributed by atoms with van der Waals surface area (Å²) in [6.07, 6.45) is 8.64. The Bertz CT molecular complexity index is 1830. The van der Waals surface area contributed by atoms with Crippen LogP contribution in [-0.4, -0.2) is 0 Å². The molecule has 0 nitrogen and oxygen atoms in total. The highest BCUT2D eigenvalue weighted by Gasteiger charge is 2.52. The van der Waals surface area contributed by atoms with Gasteiger partial charge in [-0.15, -0.1) is 0 Å². The lowest BCUT2D eigenvalue weighted by Gasteiger charge is -2.57. The normalized spacial score (nSPS) is 27.3. The second-order valence-corrected chi connectivity index (χ2v) is 14.4. The van der Waals surface area contributed by atoms with Crippen molar-refractivity contribution < 1.29 is 0 Å². The van der Waals surface area contributed by atoms with Crippen LogP contribution in [0.3, 0.4) is 0 Å². The molecule has 0 amide bonds. The van der Waals surface area contributed by atoms with Gasteiger partial charge in [0.2, 0.25) is 0 Å². The van der Waals surface area contributed by atoms with Gasteiger partial charge in [0.05, 0.1) is 0 Å². The summed E-state index contributed by atoms with van der Waals surface area (Å²) in [5.74, 6) is 2.80. The van der Waals surface area contributed by atoms with Crippen molar-refractivity contribution in [2.75, 3.05) is 0 Å². The third kappa shape index (κ3) is 2.98. The van der Waals surface area contributed by atoms with Crippen LogP contribution < -0.4 is 0 Å². The Morgan fingerprint density at radius 1 is 0.550 bits per heavy atom. The van der Waals surface area contributed by atoms with Crippen LogP contribution in [0.2, 0.25) is 0 Å². The molecular weight excluding hydrogens is 480 g/mol. The van der Waals surface area contributed by atoms with E-state index in [1.807, 2.05) is 0 Å². The molecule has 0 heteroatoms. The van der Waals surface area contributed by atoms with Crippen molar-refractivity contribution >= 4 is 21.5 Å². The van der Waals surface area contributed by atoms with Crippen LogP contribution in [0.25, 0.3) is 43.8 Å². The van der Waals surface area contributed by atoms with Crippen LogP contribution >= 0.6 is 0 Å². The molecule has 4 saturated carbocycles. The Morgan fingerprint density at radius 3 is 1.90 bits per heavy atom. The van der Waals surface area contributed by atoms with Gasteiger partial charge in [0.1, 0.15) is 0 Å². The molecule has 0 spiro atoms. The van der Waals surface area contributed by atoms with Crippen LogP contribution in [0.4, 0.5) is 0 Å². The summed E-state index contributed by atoms with van der Waals surface area (Å²) < 4.78 is 0. The standard InChI is InChI=1S/C40H38/c1-24-15-16-30-33(17-24)36(32-12-8-14-35-37(32)31-11-6-7-13-34(31)39(35,2)3)28-9-4-5-10-29(28)38(30)40-21-25-18-26(22-40)20-27(19-25)23-40/h4-17,25-27H,18-23H2,1-3H3. The zero-order chi connectivity index (χ0) is 26.8. The van der Waals surface area contributed by atoms with Gasteiger partial charge in [-0.2, -0.15) is 0 Å². The number of hydrogen-bond acceptors (Lipinski definition) is 0. The number of benzene rings is 5. The molecule has 198 valence electrons. The molecule has 0 aliphatic heterocycles. The van der Waals surface area contributed by atoms with Gasteiger partial charge in [-0.25, -0.2) is 0 Å². The molecule has 4 fully saturated rings. The molecule has 4 bridgehead atoms. The van der Waals surface area contributed by atoms with Crippen LogP contribution in [0.1, 0.15) is 74.6 Å². The molecule has 0 aromatic heterocycles. The minimum absolute atomic E-state index is 0.00258. The number of hydrogen-bond donors (Lipinski definition) is 0. The maximum atomic E-state index is 2.51. The molecule has 0 saturated heterocycles. The van der Waals surface area contributed by atoms with Gasteiger partial charge < -0.3 is 0 Å². The third-order valence-electron chi connectivity index (χ3n) is 11.6. The van der Waals surface area contributed by atoms with Crippen molar-refractivity contribution in [2.24, 2.45) is 17.8 Å². The van der Waals surface area contributed by atoms with E-state index in [1.54, 1.807) is 5.56 Å². The molecule has 0 atom stereocenters. The van der Waals surface area contributed by atoms with E-state index in [4.69, 9.17) is 0 Å². The minimum Gasteiger partial charge on any atom is -0.0619 e. The van der Waals surface area contributed by atoms with Crippen molar-refractivity contribution in [1.82, 2.24) is 0 Å². The maximum absolute atomic E-state index is 2.51. The second-order valence-electron chi connectivity index (χ2n) is 14.4. The van der Waals surface area contributed by atoms with Crippen molar-refractivity contribution in [3.8, 4) is 22.3 Å². The first-order chi connectivity index (χ1) is 19.4. The molecule has 5 aromatic carbocycles. The monoisotopic (exact) mass is 518 g/mol. The van der Waals surface area contributed by atoms with Gasteiger partial charge in [-0.1, -0.05) is 104 Å². The summed E-state index contributed by atoms with van der Waals surface area (Å²) in [7, 11) is 0. The highest BCUT2D eigenvalue weighted by Crippen LogP contribution is 2.63. The maximum Gasteiger partial charge on any atom is 0.0159 e. The second kappa shape index (κ2) is 7.88. The molecule has 5 aromatic rings. The van der Waals surface area contributed by atoms with E-state index < -0.39 is 0 Å². The topological polar surface area (TPSA) is 0 Å². The highest BCUT2D eigenvalue weighted by molar-refractivity contribution is 6.18. The predicted molar refractivity (Wildman–Crippen MR) is 169 cm³/mol. The zero-order valence-electron chi connectivity index (χ0n) is 24.1. The summed E-state index contributed by atoms with van der Waals surface area (Å²) >= 11 is 0. The molecular formula is C40H38. The van der Waals surface area contributed by atoms with E-state index in [-0.39, 0.29) is 5.41 Å². The van der Waals surface area contributed by atoms with E-state index >= 15 is 0 Å². The average molecular weight is 519 g/mol. The average Bonchev–Trinajstić information content (AvgIpc) is 3.18. The first kappa shape index (κ1) is 23.3. The lowest BCUT2D eigenvalue weighted by atomic mass is 9.47. The fraction of sp³-hybridized carbons (Fsp3) is 0.350. The van der Waals surface area contributed by atoms with Gasteiger partial charge >= 0.3 is 0 Å². The molecule has 5 aliphatic rings. The Balaban J connectivity index is 1.41. The van der Waals surface area contributed by atoms with Gasteiger partial charge in [0.25, 0.3) is 0 Å². The third-order valence-corrected chi connectivity index (χ3v) is 11.6. The quantitative estimate of drug-likeness (QED) is 0.204. The summed E-state index contributed by atoms with van der Waals surface area (Å²) in [5.41, 5.74) is 12.0. The first-order valence-electron chi connectivity index (χ1n) is 15.6. The molecule has 0 radical (unpaired) electrons. The van der Waals surface area contributed by atoms with Crippen molar-refractivity contribution in [3.63, 3.8) is 0 Å². The van der Waals surface area contributed by atoms with E-state index in [9.17, 15) is 0 Å². The Kier molecular flexibility index (Phi) is 4.60. The van der Waals surface area contributed by atoms with Gasteiger partial charge in [-0.3, -0.25) is 0 Å². The Morgan fingerprint density at radius 2 is 1.15 bits per heavy atom. The van der Waals surface area contributed by atoms with Crippen LogP contribution in [0.15, 0.2) is 84.9 Å². The lowest BCUT2D eigenvalue weighted by molar-refractivity contribution is -0.00382. The van der Waals surface area contributed by atoms with E-state index in [0.717, 1.165) is 17.8 Å². The number of aryl methyl sites for hydroxylation is 1. The minimum atomic E-state index is 0.00258. The van der Waals surface area contributed by atoms with E-state index in [2.05, 4.69) is 106 Å². The van der Waals surface area contributed by atoms with Crippen molar-refractivity contribution in [1.29, 1.82) is 0 Å². The van der Waals surface area contributed by atoms with E-state index in [1.165, 1.54) is 99.0 Å².